The largest absolute Gasteiger partial charge is 0.469 e. The van der Waals surface area contributed by atoms with Gasteiger partial charge in [-0.25, -0.2) is 4.39 Å². The molecule has 0 saturated carbocycles. The Labute approximate surface area is 74.5 Å². The number of nitrogens with two attached hydrogens (primary N) is 1. The molecule has 13 heavy (non-hydrogen) atoms. The average molecular weight is 184 g/mol. The van der Waals surface area contributed by atoms with Gasteiger partial charge >= 0.3 is 5.97 Å². The third-order valence-corrected chi connectivity index (χ3v) is 1.54. The molecule has 0 unspecified atom stereocenters. The van der Waals surface area contributed by atoms with E-state index in [1.807, 2.05) is 0 Å². The van der Waals surface area contributed by atoms with E-state index in [0.717, 1.165) is 0 Å². The Kier molecular flexibility index (Phi) is 2.79. The first-order valence-electron chi connectivity index (χ1n) is 3.60. The Bertz CT molecular complexity index is 328. The molecule has 1 heterocycles. The number of hydrogen-bond donors (Lipinski definition) is 1. The van der Waals surface area contributed by atoms with Gasteiger partial charge in [0, 0.05) is 11.8 Å². The Morgan fingerprint density at radius 2 is 2.38 bits per heavy atom. The Hall–Kier alpha value is -1.65. The third-order valence-electron chi connectivity index (χ3n) is 1.54. The zero-order valence-electron chi connectivity index (χ0n) is 7.08. The number of esters is 1. The van der Waals surface area contributed by atoms with E-state index in [4.69, 9.17) is 5.73 Å². The second-order valence-corrected chi connectivity index (χ2v) is 2.45. The van der Waals surface area contributed by atoms with E-state index in [9.17, 15) is 9.18 Å². The van der Waals surface area contributed by atoms with Crippen molar-refractivity contribution in [2.45, 2.75) is 6.42 Å². The number of carbonyl (C=O) groups excluding carboxylic acids is 1. The zero-order valence-corrected chi connectivity index (χ0v) is 7.08. The van der Waals surface area contributed by atoms with Gasteiger partial charge in [0.15, 0.2) is 5.82 Å². The van der Waals surface area contributed by atoms with Gasteiger partial charge in [-0.05, 0) is 0 Å². The van der Waals surface area contributed by atoms with E-state index in [-0.39, 0.29) is 17.7 Å². The molecule has 0 fully saturated rings. The molecule has 0 aromatic carbocycles. The molecule has 70 valence electrons. The van der Waals surface area contributed by atoms with Crippen molar-refractivity contribution in [2.24, 2.45) is 0 Å². The number of methoxy groups -OCH3 is 1. The summed E-state index contributed by atoms with van der Waals surface area (Å²) >= 11 is 0. The van der Waals surface area contributed by atoms with Crippen LogP contribution in [-0.2, 0) is 16.0 Å². The zero-order chi connectivity index (χ0) is 9.84. The van der Waals surface area contributed by atoms with Gasteiger partial charge in [0.25, 0.3) is 0 Å². The van der Waals surface area contributed by atoms with Crippen LogP contribution in [0.2, 0.25) is 0 Å². The predicted molar refractivity (Wildman–Crippen MR) is 44.3 cm³/mol. The van der Waals surface area contributed by atoms with Gasteiger partial charge in [-0.3, -0.25) is 9.78 Å². The molecule has 0 aliphatic heterocycles. The maximum atomic E-state index is 13.1. The predicted octanol–water partition coefficient (Wildman–Crippen LogP) is 0.518. The van der Waals surface area contributed by atoms with E-state index in [2.05, 4.69) is 9.72 Å². The highest BCUT2D eigenvalue weighted by Crippen LogP contribution is 2.13. The molecular formula is C8H9FN2O2. The van der Waals surface area contributed by atoms with Crippen molar-refractivity contribution >= 4 is 11.7 Å². The summed E-state index contributed by atoms with van der Waals surface area (Å²) in [6, 6.07) is 0. The monoisotopic (exact) mass is 184 g/mol. The molecule has 0 amide bonds. The molecule has 0 spiro atoms. The smallest absolute Gasteiger partial charge is 0.310 e. The van der Waals surface area contributed by atoms with E-state index in [0.29, 0.717) is 0 Å². The molecule has 1 rings (SSSR count). The lowest BCUT2D eigenvalue weighted by Gasteiger charge is -2.02. The Morgan fingerprint density at radius 1 is 1.69 bits per heavy atom. The minimum atomic E-state index is -0.611. The highest BCUT2D eigenvalue weighted by molar-refractivity contribution is 5.72. The number of nitrogen functional groups attached to an aromatic ring is 1. The van der Waals surface area contributed by atoms with Crippen LogP contribution in [0.25, 0.3) is 0 Å². The van der Waals surface area contributed by atoms with Crippen molar-refractivity contribution in [1.29, 1.82) is 0 Å². The molecule has 0 radical (unpaired) electrons. The van der Waals surface area contributed by atoms with Crippen LogP contribution in [0.5, 0.6) is 0 Å². The molecule has 4 nitrogen and oxygen atoms in total. The minimum Gasteiger partial charge on any atom is -0.469 e. The van der Waals surface area contributed by atoms with Gasteiger partial charge in [0.2, 0.25) is 0 Å². The van der Waals surface area contributed by atoms with Crippen LogP contribution in [0.1, 0.15) is 5.56 Å². The van der Waals surface area contributed by atoms with Crippen molar-refractivity contribution in [3.63, 3.8) is 0 Å². The van der Waals surface area contributed by atoms with E-state index in [1.54, 1.807) is 0 Å². The van der Waals surface area contributed by atoms with Crippen LogP contribution < -0.4 is 5.73 Å². The number of pyridine rings is 1. The van der Waals surface area contributed by atoms with Gasteiger partial charge in [-0.1, -0.05) is 0 Å². The van der Waals surface area contributed by atoms with Crippen LogP contribution in [0.15, 0.2) is 12.4 Å². The molecule has 0 atom stereocenters. The van der Waals surface area contributed by atoms with Gasteiger partial charge < -0.3 is 10.5 Å². The summed E-state index contributed by atoms with van der Waals surface area (Å²) < 4.78 is 17.5. The number of nitrogens with zero attached hydrogens (tertiary/aromatic N) is 1. The average Bonchev–Trinajstić information content (AvgIpc) is 2.13. The summed E-state index contributed by atoms with van der Waals surface area (Å²) in [6.45, 7) is 0. The van der Waals surface area contributed by atoms with E-state index >= 15 is 0 Å². The van der Waals surface area contributed by atoms with Gasteiger partial charge in [0.1, 0.15) is 0 Å². The summed E-state index contributed by atoms with van der Waals surface area (Å²) in [6.07, 6.45) is 2.29. The number of carbonyl (C=O) groups is 1. The number of hydrogen-bond acceptors (Lipinski definition) is 4. The summed E-state index contributed by atoms with van der Waals surface area (Å²) in [5.41, 5.74) is 5.33. The topological polar surface area (TPSA) is 65.2 Å². The summed E-state index contributed by atoms with van der Waals surface area (Å²) in [7, 11) is 1.24. The first-order valence-corrected chi connectivity index (χ1v) is 3.60. The molecule has 0 aliphatic carbocycles. The number of rotatable bonds is 2. The molecular weight excluding hydrogens is 175 g/mol. The summed E-state index contributed by atoms with van der Waals surface area (Å²) in [5, 5.41) is 0. The molecule has 1 aromatic heterocycles. The molecule has 1 aromatic rings. The quantitative estimate of drug-likeness (QED) is 0.680. The standard InChI is InChI=1S/C8H9FN2O2/c1-13-7(12)2-5-3-11-4-6(10)8(5)9/h3-4H,2,10H2,1H3. The number of anilines is 1. The van der Waals surface area contributed by atoms with E-state index < -0.39 is 11.8 Å². The first kappa shape index (κ1) is 9.44. The van der Waals surface area contributed by atoms with Crippen LogP contribution in [0.3, 0.4) is 0 Å². The number of aromatic nitrogens is 1. The second kappa shape index (κ2) is 3.84. The van der Waals surface area contributed by atoms with Crippen LogP contribution in [0, 0.1) is 5.82 Å². The van der Waals surface area contributed by atoms with Crippen molar-refractivity contribution in [3.8, 4) is 0 Å². The molecule has 0 aliphatic rings. The van der Waals surface area contributed by atoms with Crippen LogP contribution in [0.4, 0.5) is 10.1 Å². The molecule has 0 saturated heterocycles. The lowest BCUT2D eigenvalue weighted by molar-refractivity contribution is -0.139. The highest BCUT2D eigenvalue weighted by Gasteiger charge is 2.10. The molecule has 2 N–H and O–H groups in total. The molecule has 0 bridgehead atoms. The molecule has 5 heteroatoms. The fourth-order valence-corrected chi connectivity index (χ4v) is 0.857. The maximum absolute atomic E-state index is 13.1. The van der Waals surface area contributed by atoms with Crippen molar-refractivity contribution in [2.75, 3.05) is 12.8 Å². The Morgan fingerprint density at radius 3 is 3.00 bits per heavy atom. The maximum Gasteiger partial charge on any atom is 0.310 e. The number of halogens is 1. The fraction of sp³-hybridized carbons (Fsp3) is 0.250. The van der Waals surface area contributed by atoms with Crippen molar-refractivity contribution in [3.05, 3.63) is 23.8 Å². The fourth-order valence-electron chi connectivity index (χ4n) is 0.857. The van der Waals surface area contributed by atoms with Crippen LogP contribution >= 0.6 is 0 Å². The van der Waals surface area contributed by atoms with Gasteiger partial charge in [-0.15, -0.1) is 0 Å². The normalized spacial score (nSPS) is 9.69. The minimum absolute atomic E-state index is 0.0681. The lowest BCUT2D eigenvalue weighted by Crippen LogP contribution is -2.08. The Balaban J connectivity index is 2.89. The highest BCUT2D eigenvalue weighted by atomic mass is 19.1. The van der Waals surface area contributed by atoms with Crippen molar-refractivity contribution < 1.29 is 13.9 Å². The van der Waals surface area contributed by atoms with Gasteiger partial charge in [0.05, 0.1) is 25.4 Å². The van der Waals surface area contributed by atoms with Crippen LogP contribution in [-0.4, -0.2) is 18.1 Å². The SMILES string of the molecule is COC(=O)Cc1cncc(N)c1F. The van der Waals surface area contributed by atoms with Gasteiger partial charge in [-0.2, -0.15) is 0 Å². The lowest BCUT2D eigenvalue weighted by atomic mass is 10.2. The first-order chi connectivity index (χ1) is 6.15. The van der Waals surface area contributed by atoms with E-state index in [1.165, 1.54) is 19.5 Å². The third kappa shape index (κ3) is 2.14. The summed E-state index contributed by atoms with van der Waals surface area (Å²) in [4.78, 5) is 14.4. The summed E-state index contributed by atoms with van der Waals surface area (Å²) in [5.74, 6) is -1.13. The number of ether oxygens (including phenoxy) is 1. The second-order valence-electron chi connectivity index (χ2n) is 2.45. The van der Waals surface area contributed by atoms with Crippen molar-refractivity contribution in [1.82, 2.24) is 4.98 Å².